The first-order chi connectivity index (χ1) is 7.95. The molecule has 0 radical (unpaired) electrons. The summed E-state index contributed by atoms with van der Waals surface area (Å²) in [4.78, 5) is 12.8. The van der Waals surface area contributed by atoms with E-state index in [4.69, 9.17) is 10.8 Å². The summed E-state index contributed by atoms with van der Waals surface area (Å²) in [5.74, 6) is -0.571. The molecule has 96 valence electrons. The van der Waals surface area contributed by atoms with Gasteiger partial charge < -0.3 is 20.3 Å². The van der Waals surface area contributed by atoms with Crippen molar-refractivity contribution in [3.05, 3.63) is 18.0 Å². The molecule has 0 aliphatic carbocycles. The molecule has 0 aromatic carbocycles. The first-order valence-electron chi connectivity index (χ1n) is 5.05. The maximum Gasteiger partial charge on any atom is 0.270 e. The van der Waals surface area contributed by atoms with Crippen LogP contribution in [-0.4, -0.2) is 46.6 Å². The molecule has 0 aliphatic rings. The number of aryl methyl sites for hydroxylation is 1. The average Bonchev–Trinajstić information content (AvgIpc) is 2.55. The van der Waals surface area contributed by atoms with Gasteiger partial charge in [-0.05, 0) is 6.07 Å². The minimum absolute atomic E-state index is 0.131. The van der Waals surface area contributed by atoms with Crippen LogP contribution in [0.5, 0.6) is 0 Å². The predicted molar refractivity (Wildman–Crippen MR) is 58.8 cm³/mol. The molecule has 7 heteroatoms. The number of hydrogen-bond donors (Lipinski definition) is 2. The Hall–Kier alpha value is -1.63. The number of carbonyl (C=O) groups is 1. The lowest BCUT2D eigenvalue weighted by Gasteiger charge is -2.21. The molecule has 0 saturated heterocycles. The van der Waals surface area contributed by atoms with Gasteiger partial charge in [-0.1, -0.05) is 0 Å². The topological polar surface area (TPSA) is 71.5 Å². The Bertz CT molecular complexity index is 393. The number of carbonyl (C=O) groups excluding carboxylic acids is 1. The summed E-state index contributed by atoms with van der Waals surface area (Å²) >= 11 is 0. The zero-order valence-electron chi connectivity index (χ0n) is 9.44. The predicted octanol–water partition coefficient (Wildman–Crippen LogP) is 0.307. The van der Waals surface area contributed by atoms with E-state index in [1.165, 1.54) is 16.8 Å². The molecule has 0 spiro atoms. The van der Waals surface area contributed by atoms with Crippen LogP contribution in [0.4, 0.5) is 14.5 Å². The number of nitrogens with two attached hydrogens (primary N) is 1. The van der Waals surface area contributed by atoms with Crippen molar-refractivity contribution in [2.75, 3.05) is 25.4 Å². The smallest absolute Gasteiger partial charge is 0.270 e. The van der Waals surface area contributed by atoms with Gasteiger partial charge in [-0.3, -0.25) is 4.79 Å². The first-order valence-corrected chi connectivity index (χ1v) is 5.05. The molecular weight excluding hydrogens is 232 g/mol. The summed E-state index contributed by atoms with van der Waals surface area (Å²) in [6, 6.07) is 1.41. The molecule has 0 saturated carbocycles. The van der Waals surface area contributed by atoms with Gasteiger partial charge in [-0.25, -0.2) is 8.78 Å². The molecule has 5 nitrogen and oxygen atoms in total. The van der Waals surface area contributed by atoms with E-state index < -0.39 is 18.9 Å². The second kappa shape index (κ2) is 5.62. The number of halogens is 2. The fourth-order valence-corrected chi connectivity index (χ4v) is 1.53. The second-order valence-corrected chi connectivity index (χ2v) is 3.64. The monoisotopic (exact) mass is 247 g/mol. The van der Waals surface area contributed by atoms with Gasteiger partial charge in [0.25, 0.3) is 12.3 Å². The lowest BCUT2D eigenvalue weighted by molar-refractivity contribution is 0.0501. The van der Waals surface area contributed by atoms with Crippen LogP contribution in [0.1, 0.15) is 10.5 Å². The van der Waals surface area contributed by atoms with E-state index >= 15 is 0 Å². The van der Waals surface area contributed by atoms with Gasteiger partial charge >= 0.3 is 0 Å². The zero-order chi connectivity index (χ0) is 13.0. The van der Waals surface area contributed by atoms with Crippen molar-refractivity contribution in [3.63, 3.8) is 0 Å². The van der Waals surface area contributed by atoms with Crippen molar-refractivity contribution >= 4 is 11.6 Å². The van der Waals surface area contributed by atoms with E-state index in [0.29, 0.717) is 5.69 Å². The number of alkyl halides is 2. The average molecular weight is 247 g/mol. The number of aromatic nitrogens is 1. The molecule has 0 aliphatic heterocycles. The molecule has 1 amide bonds. The Morgan fingerprint density at radius 3 is 2.71 bits per heavy atom. The lowest BCUT2D eigenvalue weighted by Crippen LogP contribution is -2.38. The summed E-state index contributed by atoms with van der Waals surface area (Å²) in [5, 5.41) is 8.75. The van der Waals surface area contributed by atoms with Gasteiger partial charge in [0.15, 0.2) is 0 Å². The molecule has 0 fully saturated rings. The molecule has 0 atom stereocenters. The van der Waals surface area contributed by atoms with E-state index in [2.05, 4.69) is 0 Å². The summed E-state index contributed by atoms with van der Waals surface area (Å²) < 4.78 is 26.0. The Kier molecular flexibility index (Phi) is 4.45. The number of aliphatic hydroxyl groups excluding tert-OH is 1. The van der Waals surface area contributed by atoms with Crippen LogP contribution >= 0.6 is 0 Å². The third kappa shape index (κ3) is 3.42. The number of hydrogen-bond acceptors (Lipinski definition) is 3. The van der Waals surface area contributed by atoms with Crippen LogP contribution < -0.4 is 5.73 Å². The van der Waals surface area contributed by atoms with Crippen molar-refractivity contribution in [1.82, 2.24) is 9.47 Å². The molecule has 1 rings (SSSR count). The van der Waals surface area contributed by atoms with Gasteiger partial charge in [-0.2, -0.15) is 0 Å². The molecule has 3 N–H and O–H groups in total. The highest BCUT2D eigenvalue weighted by Crippen LogP contribution is 2.12. The summed E-state index contributed by atoms with van der Waals surface area (Å²) in [6.07, 6.45) is -1.12. The standard InChI is InChI=1S/C10H15F2N3O2/c1-14-5-7(13)4-8(14)10(17)15(2-3-16)6-9(11)12/h4-5,9,16H,2-3,6,13H2,1H3. The lowest BCUT2D eigenvalue weighted by atomic mass is 10.3. The quantitative estimate of drug-likeness (QED) is 0.786. The molecule has 1 heterocycles. The van der Waals surface area contributed by atoms with Crippen LogP contribution in [0.3, 0.4) is 0 Å². The Balaban J connectivity index is 2.87. The highest BCUT2D eigenvalue weighted by Gasteiger charge is 2.21. The second-order valence-electron chi connectivity index (χ2n) is 3.64. The molecule has 0 unspecified atom stereocenters. The highest BCUT2D eigenvalue weighted by atomic mass is 19.3. The number of nitrogen functional groups attached to an aromatic ring is 1. The maximum absolute atomic E-state index is 12.3. The Labute approximate surface area is 97.4 Å². The van der Waals surface area contributed by atoms with Crippen molar-refractivity contribution in [2.24, 2.45) is 7.05 Å². The van der Waals surface area contributed by atoms with E-state index in [1.54, 1.807) is 7.05 Å². The van der Waals surface area contributed by atoms with E-state index in [9.17, 15) is 13.6 Å². The summed E-state index contributed by atoms with van der Waals surface area (Å²) in [6.45, 7) is -1.20. The number of rotatable bonds is 5. The third-order valence-electron chi connectivity index (χ3n) is 2.26. The minimum atomic E-state index is -2.64. The van der Waals surface area contributed by atoms with Crippen LogP contribution in [0, 0.1) is 0 Å². The van der Waals surface area contributed by atoms with Crippen molar-refractivity contribution in [2.45, 2.75) is 6.43 Å². The molecule has 17 heavy (non-hydrogen) atoms. The van der Waals surface area contributed by atoms with Gasteiger partial charge in [0.1, 0.15) is 5.69 Å². The fraction of sp³-hybridized carbons (Fsp3) is 0.500. The normalized spacial score (nSPS) is 10.9. The van der Waals surface area contributed by atoms with Crippen molar-refractivity contribution < 1.29 is 18.7 Å². The number of anilines is 1. The van der Waals surface area contributed by atoms with Crippen LogP contribution in [0.2, 0.25) is 0 Å². The van der Waals surface area contributed by atoms with Gasteiger partial charge in [0.05, 0.1) is 18.8 Å². The molecule has 0 bridgehead atoms. The summed E-state index contributed by atoms with van der Waals surface area (Å²) in [5.41, 5.74) is 6.11. The van der Waals surface area contributed by atoms with Gasteiger partial charge in [-0.15, -0.1) is 0 Å². The Morgan fingerprint density at radius 2 is 2.29 bits per heavy atom. The Morgan fingerprint density at radius 1 is 1.65 bits per heavy atom. The highest BCUT2D eigenvalue weighted by molar-refractivity contribution is 5.93. The molecule has 1 aromatic heterocycles. The number of nitrogens with zero attached hydrogens (tertiary/aromatic N) is 2. The minimum Gasteiger partial charge on any atom is -0.397 e. The first kappa shape index (κ1) is 13.4. The van der Waals surface area contributed by atoms with Crippen molar-refractivity contribution in [3.8, 4) is 0 Å². The van der Waals surface area contributed by atoms with Crippen molar-refractivity contribution in [1.29, 1.82) is 0 Å². The van der Waals surface area contributed by atoms with Crippen LogP contribution in [0.25, 0.3) is 0 Å². The SMILES string of the molecule is Cn1cc(N)cc1C(=O)N(CCO)CC(F)F. The van der Waals surface area contributed by atoms with E-state index in [0.717, 1.165) is 4.90 Å². The molecule has 1 aromatic rings. The molecular formula is C10H15F2N3O2. The van der Waals surface area contributed by atoms with Gasteiger partial charge in [0, 0.05) is 19.8 Å². The zero-order valence-corrected chi connectivity index (χ0v) is 9.44. The van der Waals surface area contributed by atoms with E-state index in [-0.39, 0.29) is 18.8 Å². The van der Waals surface area contributed by atoms with Gasteiger partial charge in [0.2, 0.25) is 0 Å². The van der Waals surface area contributed by atoms with E-state index in [1.807, 2.05) is 0 Å². The number of aliphatic hydroxyl groups is 1. The summed E-state index contributed by atoms with van der Waals surface area (Å²) in [7, 11) is 1.60. The maximum atomic E-state index is 12.3. The largest absolute Gasteiger partial charge is 0.397 e. The van der Waals surface area contributed by atoms with Crippen LogP contribution in [-0.2, 0) is 7.05 Å². The van der Waals surface area contributed by atoms with Crippen LogP contribution in [0.15, 0.2) is 12.3 Å². The number of amides is 1. The third-order valence-corrected chi connectivity index (χ3v) is 2.26. The fourth-order valence-electron chi connectivity index (χ4n) is 1.53.